The number of piperazine rings is 1. The minimum Gasteiger partial charge on any atom is -0.351 e. The van der Waals surface area contributed by atoms with Crippen LogP contribution in [-0.4, -0.2) is 61.9 Å². The molecule has 0 aliphatic carbocycles. The molecule has 0 saturated carbocycles. The Morgan fingerprint density at radius 2 is 1.65 bits per heavy atom. The summed E-state index contributed by atoms with van der Waals surface area (Å²) in [6.07, 6.45) is 1.42. The normalized spacial score (nSPS) is 14.3. The molecule has 0 radical (unpaired) electrons. The fraction of sp³-hybridized carbons (Fsp3) is 0.190. The molecule has 3 heterocycles. The van der Waals surface area contributed by atoms with Crippen molar-refractivity contribution in [3.63, 3.8) is 0 Å². The first kappa shape index (κ1) is 19.0. The number of rotatable bonds is 3. The van der Waals surface area contributed by atoms with Gasteiger partial charge in [-0.25, -0.2) is 18.7 Å². The highest BCUT2D eigenvalue weighted by atomic mass is 19.1. The van der Waals surface area contributed by atoms with Gasteiger partial charge in [-0.1, -0.05) is 17.3 Å². The van der Waals surface area contributed by atoms with Gasteiger partial charge in [0.1, 0.15) is 18.0 Å². The van der Waals surface area contributed by atoms with E-state index in [-0.39, 0.29) is 11.7 Å². The van der Waals surface area contributed by atoms with Crippen LogP contribution in [0.5, 0.6) is 0 Å². The number of hydrogen-bond acceptors (Lipinski definition) is 6. The molecular weight excluding hydrogens is 404 g/mol. The van der Waals surface area contributed by atoms with E-state index in [0.717, 1.165) is 0 Å². The van der Waals surface area contributed by atoms with Gasteiger partial charge in [0.2, 0.25) is 0 Å². The van der Waals surface area contributed by atoms with E-state index in [1.807, 2.05) is 4.90 Å². The van der Waals surface area contributed by atoms with Gasteiger partial charge in [0.05, 0.1) is 5.69 Å². The first-order valence-corrected chi connectivity index (χ1v) is 9.72. The predicted molar refractivity (Wildman–Crippen MR) is 109 cm³/mol. The molecule has 0 N–H and O–H groups in total. The van der Waals surface area contributed by atoms with E-state index in [1.54, 1.807) is 23.1 Å². The molecule has 1 amide bonds. The molecule has 8 nitrogen and oxygen atoms in total. The Labute approximate surface area is 175 Å². The van der Waals surface area contributed by atoms with Crippen LogP contribution >= 0.6 is 0 Å². The maximum Gasteiger partial charge on any atom is 0.254 e. The standard InChI is InChI=1S/C21H17F2N7O/c22-15-4-1-3-14(11-15)21(31)29-9-7-28(8-10-29)19-18-20(25-13-24-19)30(27-26-18)17-6-2-5-16(23)12-17/h1-6,11-13H,7-10H2. The van der Waals surface area contributed by atoms with Crippen molar-refractivity contribution < 1.29 is 13.6 Å². The van der Waals surface area contributed by atoms with Crippen LogP contribution < -0.4 is 4.90 Å². The zero-order valence-corrected chi connectivity index (χ0v) is 16.3. The van der Waals surface area contributed by atoms with Crippen molar-refractivity contribution in [2.45, 2.75) is 0 Å². The largest absolute Gasteiger partial charge is 0.351 e. The molecule has 2 aromatic heterocycles. The van der Waals surface area contributed by atoms with Gasteiger partial charge in [-0.3, -0.25) is 4.79 Å². The number of aromatic nitrogens is 5. The third kappa shape index (κ3) is 3.56. The molecule has 1 aliphatic heterocycles. The number of benzene rings is 2. The number of carbonyl (C=O) groups is 1. The highest BCUT2D eigenvalue weighted by Gasteiger charge is 2.25. The van der Waals surface area contributed by atoms with Crippen LogP contribution in [0.3, 0.4) is 0 Å². The van der Waals surface area contributed by atoms with Gasteiger partial charge in [0, 0.05) is 31.7 Å². The molecular formula is C21H17F2N7O. The van der Waals surface area contributed by atoms with Crippen molar-refractivity contribution in [2.75, 3.05) is 31.1 Å². The fourth-order valence-electron chi connectivity index (χ4n) is 3.68. The van der Waals surface area contributed by atoms with Gasteiger partial charge in [-0.15, -0.1) is 5.10 Å². The van der Waals surface area contributed by atoms with Crippen molar-refractivity contribution in [2.24, 2.45) is 0 Å². The van der Waals surface area contributed by atoms with E-state index in [9.17, 15) is 13.6 Å². The van der Waals surface area contributed by atoms with Crippen LogP contribution in [0.2, 0.25) is 0 Å². The lowest BCUT2D eigenvalue weighted by Crippen LogP contribution is -2.49. The third-order valence-corrected chi connectivity index (χ3v) is 5.21. The lowest BCUT2D eigenvalue weighted by Gasteiger charge is -2.35. The van der Waals surface area contributed by atoms with Gasteiger partial charge in [0.15, 0.2) is 17.0 Å². The van der Waals surface area contributed by atoms with Crippen molar-refractivity contribution in [1.82, 2.24) is 29.9 Å². The number of halogens is 2. The Balaban J connectivity index is 1.37. The maximum atomic E-state index is 13.6. The molecule has 0 atom stereocenters. The Kier molecular flexibility index (Phi) is 4.73. The van der Waals surface area contributed by atoms with Crippen molar-refractivity contribution in [3.05, 3.63) is 72.1 Å². The van der Waals surface area contributed by atoms with E-state index >= 15 is 0 Å². The van der Waals surface area contributed by atoms with Crippen molar-refractivity contribution in [3.8, 4) is 5.69 Å². The second kappa shape index (κ2) is 7.71. The van der Waals surface area contributed by atoms with Crippen LogP contribution in [-0.2, 0) is 0 Å². The summed E-state index contributed by atoms with van der Waals surface area (Å²) in [6, 6.07) is 11.7. The molecule has 1 saturated heterocycles. The molecule has 4 aromatic rings. The molecule has 31 heavy (non-hydrogen) atoms. The zero-order valence-electron chi connectivity index (χ0n) is 16.3. The Bertz CT molecular complexity index is 1270. The summed E-state index contributed by atoms with van der Waals surface area (Å²) >= 11 is 0. The summed E-state index contributed by atoms with van der Waals surface area (Å²) < 4.78 is 28.5. The van der Waals surface area contributed by atoms with Gasteiger partial charge in [0.25, 0.3) is 5.91 Å². The first-order valence-electron chi connectivity index (χ1n) is 9.72. The average molecular weight is 421 g/mol. The second-order valence-corrected chi connectivity index (χ2v) is 7.14. The van der Waals surface area contributed by atoms with E-state index < -0.39 is 5.82 Å². The van der Waals surface area contributed by atoms with Crippen molar-refractivity contribution >= 4 is 22.9 Å². The summed E-state index contributed by atoms with van der Waals surface area (Å²) in [5.74, 6) is -0.418. The van der Waals surface area contributed by atoms with E-state index in [2.05, 4.69) is 20.3 Å². The molecule has 1 fully saturated rings. The minimum atomic E-state index is -0.436. The monoisotopic (exact) mass is 421 g/mol. The number of hydrogen-bond donors (Lipinski definition) is 0. The molecule has 0 spiro atoms. The summed E-state index contributed by atoms with van der Waals surface area (Å²) in [7, 11) is 0. The predicted octanol–water partition coefficient (Wildman–Crippen LogP) is 2.45. The van der Waals surface area contributed by atoms with Gasteiger partial charge >= 0.3 is 0 Å². The molecule has 2 aromatic carbocycles. The molecule has 156 valence electrons. The highest BCUT2D eigenvalue weighted by molar-refractivity contribution is 5.94. The molecule has 1 aliphatic rings. The van der Waals surface area contributed by atoms with Crippen LogP contribution in [0.15, 0.2) is 54.9 Å². The molecule has 0 unspecified atom stereocenters. The molecule has 5 rings (SSSR count). The lowest BCUT2D eigenvalue weighted by molar-refractivity contribution is 0.0746. The number of carbonyl (C=O) groups excluding carboxylic acids is 1. The zero-order chi connectivity index (χ0) is 21.4. The third-order valence-electron chi connectivity index (χ3n) is 5.21. The quantitative estimate of drug-likeness (QED) is 0.506. The molecule has 0 bridgehead atoms. The Hall–Kier alpha value is -3.95. The van der Waals surface area contributed by atoms with E-state index in [1.165, 1.54) is 41.3 Å². The lowest BCUT2D eigenvalue weighted by atomic mass is 10.1. The number of amides is 1. The number of nitrogens with zero attached hydrogens (tertiary/aromatic N) is 7. The first-order chi connectivity index (χ1) is 15.1. The SMILES string of the molecule is O=C(c1cccc(F)c1)N1CCN(c2ncnc3c2nnn3-c2cccc(F)c2)CC1. The average Bonchev–Trinajstić information content (AvgIpc) is 3.23. The number of fused-ring (bicyclic) bond motifs is 1. The number of anilines is 1. The summed E-state index contributed by atoms with van der Waals surface area (Å²) in [5, 5.41) is 8.34. The van der Waals surface area contributed by atoms with Gasteiger partial charge < -0.3 is 9.80 Å². The second-order valence-electron chi connectivity index (χ2n) is 7.14. The van der Waals surface area contributed by atoms with Crippen LogP contribution in [0, 0.1) is 11.6 Å². The maximum absolute atomic E-state index is 13.6. The Morgan fingerprint density at radius 3 is 2.39 bits per heavy atom. The summed E-state index contributed by atoms with van der Waals surface area (Å²) in [6.45, 7) is 1.97. The van der Waals surface area contributed by atoms with Crippen LogP contribution in [0.4, 0.5) is 14.6 Å². The fourth-order valence-corrected chi connectivity index (χ4v) is 3.68. The summed E-state index contributed by atoms with van der Waals surface area (Å²) in [4.78, 5) is 25.0. The summed E-state index contributed by atoms with van der Waals surface area (Å²) in [5.41, 5.74) is 1.80. The minimum absolute atomic E-state index is 0.205. The van der Waals surface area contributed by atoms with Crippen LogP contribution in [0.1, 0.15) is 10.4 Å². The van der Waals surface area contributed by atoms with Gasteiger partial charge in [-0.2, -0.15) is 4.68 Å². The van der Waals surface area contributed by atoms with E-state index in [0.29, 0.717) is 54.4 Å². The molecule has 10 heteroatoms. The van der Waals surface area contributed by atoms with E-state index in [4.69, 9.17) is 0 Å². The highest BCUT2D eigenvalue weighted by Crippen LogP contribution is 2.24. The smallest absolute Gasteiger partial charge is 0.254 e. The Morgan fingerprint density at radius 1 is 0.903 bits per heavy atom. The van der Waals surface area contributed by atoms with Gasteiger partial charge in [-0.05, 0) is 36.4 Å². The topological polar surface area (TPSA) is 80.0 Å². The van der Waals surface area contributed by atoms with Crippen molar-refractivity contribution in [1.29, 1.82) is 0 Å². The van der Waals surface area contributed by atoms with Crippen LogP contribution in [0.25, 0.3) is 16.9 Å².